The van der Waals surface area contributed by atoms with E-state index in [-0.39, 0.29) is 0 Å². The van der Waals surface area contributed by atoms with Gasteiger partial charge in [0, 0.05) is 17.7 Å². The zero-order valence-corrected chi connectivity index (χ0v) is 5.85. The van der Waals surface area contributed by atoms with E-state index in [0.29, 0.717) is 0 Å². The van der Waals surface area contributed by atoms with Crippen LogP contribution in [0.1, 0.15) is 19.8 Å². The van der Waals surface area contributed by atoms with Crippen molar-refractivity contribution < 1.29 is 0 Å². The van der Waals surface area contributed by atoms with Crippen molar-refractivity contribution >= 4 is 0 Å². The van der Waals surface area contributed by atoms with Gasteiger partial charge in [-0.05, 0) is 18.8 Å². The van der Waals surface area contributed by atoms with E-state index in [1.807, 2.05) is 0 Å². The number of fused-ring (bicyclic) bond motifs is 1. The molecule has 0 bridgehead atoms. The van der Waals surface area contributed by atoms with Gasteiger partial charge >= 0.3 is 0 Å². The van der Waals surface area contributed by atoms with Crippen LogP contribution in [0.15, 0.2) is 12.3 Å². The van der Waals surface area contributed by atoms with Gasteiger partial charge in [-0.3, -0.25) is 0 Å². The maximum atomic E-state index is 3.98. The van der Waals surface area contributed by atoms with Crippen LogP contribution in [0.25, 0.3) is 0 Å². The molecule has 0 spiro atoms. The maximum Gasteiger partial charge on any atom is 0.0297 e. The maximum absolute atomic E-state index is 3.98. The molecule has 0 aromatic heterocycles. The topological polar surface area (TPSA) is 12.0 Å². The average Bonchev–Trinajstić information content (AvgIpc) is 2.45. The molecule has 9 heavy (non-hydrogen) atoms. The molecule has 0 radical (unpaired) electrons. The predicted octanol–water partition coefficient (Wildman–Crippen LogP) is 1.52. The minimum absolute atomic E-state index is 0.801. The van der Waals surface area contributed by atoms with E-state index in [9.17, 15) is 0 Å². The number of allylic oxidation sites excluding steroid dienone is 1. The zero-order valence-electron chi connectivity index (χ0n) is 5.85. The second-order valence-electron chi connectivity index (χ2n) is 3.19. The Morgan fingerprint density at radius 2 is 2.56 bits per heavy atom. The van der Waals surface area contributed by atoms with Gasteiger partial charge in [0.2, 0.25) is 0 Å². The third-order valence-corrected chi connectivity index (χ3v) is 2.61. The fourth-order valence-corrected chi connectivity index (χ4v) is 1.98. The lowest BCUT2D eigenvalue weighted by atomic mass is 10.0. The summed E-state index contributed by atoms with van der Waals surface area (Å²) in [5, 5.41) is 3.40. The third kappa shape index (κ3) is 0.606. The van der Waals surface area contributed by atoms with Gasteiger partial charge in [-0.25, -0.2) is 0 Å². The van der Waals surface area contributed by atoms with Crippen LogP contribution >= 0.6 is 0 Å². The minimum atomic E-state index is 0.801. The van der Waals surface area contributed by atoms with Crippen molar-refractivity contribution in [3.63, 3.8) is 0 Å². The summed E-state index contributed by atoms with van der Waals surface area (Å²) in [4.78, 5) is 0. The van der Waals surface area contributed by atoms with Crippen LogP contribution in [0.3, 0.4) is 0 Å². The van der Waals surface area contributed by atoms with Crippen LogP contribution in [-0.2, 0) is 0 Å². The highest BCUT2D eigenvalue weighted by Crippen LogP contribution is 2.47. The second-order valence-corrected chi connectivity index (χ2v) is 3.19. The van der Waals surface area contributed by atoms with Gasteiger partial charge in [-0.15, -0.1) is 0 Å². The summed E-state index contributed by atoms with van der Waals surface area (Å²) in [6.07, 6.45) is 2.67. The van der Waals surface area contributed by atoms with E-state index < -0.39 is 0 Å². The van der Waals surface area contributed by atoms with Crippen molar-refractivity contribution in [3.8, 4) is 0 Å². The number of piperidine rings is 1. The Kier molecular flexibility index (Phi) is 0.904. The molecule has 2 fully saturated rings. The van der Waals surface area contributed by atoms with Crippen LogP contribution in [-0.4, -0.2) is 6.04 Å². The molecule has 1 heterocycles. The summed E-state index contributed by atoms with van der Waals surface area (Å²) < 4.78 is 0. The molecule has 2 aliphatic rings. The summed E-state index contributed by atoms with van der Waals surface area (Å²) in [6, 6.07) is 0.822. The molecular formula is C8H13N. The Morgan fingerprint density at radius 3 is 2.89 bits per heavy atom. The lowest BCUT2D eigenvalue weighted by Crippen LogP contribution is -2.11. The Labute approximate surface area is 56.1 Å². The van der Waals surface area contributed by atoms with E-state index in [1.165, 1.54) is 18.5 Å². The standard InChI is InChI=1S/C8H13N/c1-3-6-5(2)9-8-4-7(6)8/h6-9H,2-4H2,1H3. The van der Waals surface area contributed by atoms with Crippen LogP contribution in [0.5, 0.6) is 0 Å². The molecule has 1 heteroatoms. The van der Waals surface area contributed by atoms with Crippen molar-refractivity contribution in [2.24, 2.45) is 11.8 Å². The molecule has 1 nitrogen and oxygen atoms in total. The molecule has 1 N–H and O–H groups in total. The van der Waals surface area contributed by atoms with E-state index in [0.717, 1.165) is 17.9 Å². The van der Waals surface area contributed by atoms with Crippen LogP contribution in [0.4, 0.5) is 0 Å². The molecule has 0 amide bonds. The molecule has 0 aromatic carbocycles. The Balaban J connectivity index is 2.10. The normalized spacial score (nSPS) is 46.3. The summed E-state index contributed by atoms with van der Waals surface area (Å²) in [6.45, 7) is 6.22. The quantitative estimate of drug-likeness (QED) is 0.557. The number of hydrogen-bond acceptors (Lipinski definition) is 1. The van der Waals surface area contributed by atoms with Crippen molar-refractivity contribution in [2.45, 2.75) is 25.8 Å². The van der Waals surface area contributed by atoms with Gasteiger partial charge in [-0.1, -0.05) is 13.5 Å². The Hall–Kier alpha value is -0.460. The largest absolute Gasteiger partial charge is 0.386 e. The predicted molar refractivity (Wildman–Crippen MR) is 38.0 cm³/mol. The van der Waals surface area contributed by atoms with E-state index in [4.69, 9.17) is 0 Å². The first kappa shape index (κ1) is 5.33. The summed E-state index contributed by atoms with van der Waals surface area (Å²) in [5.74, 6) is 1.76. The molecular weight excluding hydrogens is 110 g/mol. The minimum Gasteiger partial charge on any atom is -0.386 e. The second kappa shape index (κ2) is 1.53. The molecule has 1 aliphatic carbocycles. The lowest BCUT2D eigenvalue weighted by molar-refractivity contribution is 0.548. The van der Waals surface area contributed by atoms with Gasteiger partial charge in [0.05, 0.1) is 0 Å². The molecule has 50 valence electrons. The monoisotopic (exact) mass is 123 g/mol. The van der Waals surface area contributed by atoms with Gasteiger partial charge in [0.25, 0.3) is 0 Å². The fourth-order valence-electron chi connectivity index (χ4n) is 1.98. The molecule has 3 atom stereocenters. The summed E-state index contributed by atoms with van der Waals surface area (Å²) >= 11 is 0. The van der Waals surface area contributed by atoms with Crippen molar-refractivity contribution in [1.29, 1.82) is 0 Å². The van der Waals surface area contributed by atoms with Crippen LogP contribution < -0.4 is 5.32 Å². The number of hydrogen-bond donors (Lipinski definition) is 1. The SMILES string of the molecule is C=C1NC2CC2C1CC. The first-order chi connectivity index (χ1) is 4.33. The average molecular weight is 123 g/mol. The fraction of sp³-hybridized carbons (Fsp3) is 0.750. The molecule has 1 aliphatic heterocycles. The number of rotatable bonds is 1. The van der Waals surface area contributed by atoms with Crippen LogP contribution in [0.2, 0.25) is 0 Å². The molecule has 1 saturated carbocycles. The third-order valence-electron chi connectivity index (χ3n) is 2.61. The van der Waals surface area contributed by atoms with Crippen molar-refractivity contribution in [1.82, 2.24) is 5.32 Å². The van der Waals surface area contributed by atoms with Gasteiger partial charge in [0.15, 0.2) is 0 Å². The Morgan fingerprint density at radius 1 is 1.78 bits per heavy atom. The molecule has 1 saturated heterocycles. The van der Waals surface area contributed by atoms with Crippen molar-refractivity contribution in [3.05, 3.63) is 12.3 Å². The summed E-state index contributed by atoms with van der Waals surface area (Å²) in [7, 11) is 0. The van der Waals surface area contributed by atoms with Gasteiger partial charge in [0.1, 0.15) is 0 Å². The highest BCUT2D eigenvalue weighted by atomic mass is 15.0. The smallest absolute Gasteiger partial charge is 0.0297 e. The number of nitrogens with one attached hydrogen (secondary N) is 1. The van der Waals surface area contributed by atoms with Gasteiger partial charge < -0.3 is 5.32 Å². The van der Waals surface area contributed by atoms with E-state index in [2.05, 4.69) is 18.8 Å². The first-order valence-corrected chi connectivity index (χ1v) is 3.78. The zero-order chi connectivity index (χ0) is 6.43. The van der Waals surface area contributed by atoms with E-state index >= 15 is 0 Å². The highest BCUT2D eigenvalue weighted by Gasteiger charge is 2.49. The molecule has 3 unspecified atom stereocenters. The van der Waals surface area contributed by atoms with Gasteiger partial charge in [-0.2, -0.15) is 0 Å². The van der Waals surface area contributed by atoms with E-state index in [1.54, 1.807) is 0 Å². The Bertz CT molecular complexity index is 151. The molecule has 0 aromatic rings. The lowest BCUT2D eigenvalue weighted by Gasteiger charge is -2.09. The summed E-state index contributed by atoms with van der Waals surface area (Å²) in [5.41, 5.74) is 1.29. The first-order valence-electron chi connectivity index (χ1n) is 3.78. The van der Waals surface area contributed by atoms with Crippen molar-refractivity contribution in [2.75, 3.05) is 0 Å². The highest BCUT2D eigenvalue weighted by molar-refractivity contribution is 5.19. The molecule has 2 rings (SSSR count). The van der Waals surface area contributed by atoms with Crippen LogP contribution in [0, 0.1) is 11.8 Å².